The average molecular weight is 350 g/mol. The molecule has 2 aromatic carbocycles. The van der Waals surface area contributed by atoms with E-state index >= 15 is 0 Å². The van der Waals surface area contributed by atoms with Crippen LogP contribution in [-0.4, -0.2) is 18.0 Å². The zero-order valence-corrected chi connectivity index (χ0v) is 15.3. The van der Waals surface area contributed by atoms with Gasteiger partial charge in [-0.2, -0.15) is 0 Å². The number of cyclic esters (lactones) is 1. The van der Waals surface area contributed by atoms with Crippen molar-refractivity contribution in [2.24, 2.45) is 0 Å². The Morgan fingerprint density at radius 1 is 1.04 bits per heavy atom. The van der Waals surface area contributed by atoms with E-state index in [2.05, 4.69) is 54.8 Å². The van der Waals surface area contributed by atoms with E-state index in [-0.39, 0.29) is 5.76 Å². The van der Waals surface area contributed by atoms with Gasteiger partial charge in [-0.15, -0.1) is 0 Å². The SMILES string of the molecule is Cc1cc(-c2ccc(NC(C)C)cc2)c(C)cc1/C=C1\OC(=O)NC1=O. The number of carbonyl (C=O) groups excluding carboxylic acids is 2. The van der Waals surface area contributed by atoms with E-state index in [0.717, 1.165) is 33.5 Å². The summed E-state index contributed by atoms with van der Waals surface area (Å²) < 4.78 is 4.89. The molecule has 5 nitrogen and oxygen atoms in total. The first-order valence-electron chi connectivity index (χ1n) is 8.56. The summed E-state index contributed by atoms with van der Waals surface area (Å²) in [7, 11) is 0. The summed E-state index contributed by atoms with van der Waals surface area (Å²) in [6.07, 6.45) is 0.865. The highest BCUT2D eigenvalue weighted by atomic mass is 16.6. The van der Waals surface area contributed by atoms with Gasteiger partial charge in [0, 0.05) is 11.7 Å². The van der Waals surface area contributed by atoms with Crippen molar-refractivity contribution in [1.29, 1.82) is 0 Å². The third-order valence-electron chi connectivity index (χ3n) is 4.19. The fourth-order valence-corrected chi connectivity index (χ4v) is 2.95. The van der Waals surface area contributed by atoms with Crippen LogP contribution in [0.4, 0.5) is 10.5 Å². The van der Waals surface area contributed by atoms with Crippen molar-refractivity contribution in [3.05, 3.63) is 58.8 Å². The predicted octanol–water partition coefficient (Wildman–Crippen LogP) is 4.40. The van der Waals surface area contributed by atoms with Gasteiger partial charge in [0.25, 0.3) is 5.91 Å². The summed E-state index contributed by atoms with van der Waals surface area (Å²) in [6.45, 7) is 8.21. The number of amides is 2. The van der Waals surface area contributed by atoms with Gasteiger partial charge >= 0.3 is 6.09 Å². The molecule has 5 heteroatoms. The molecule has 0 aliphatic carbocycles. The van der Waals surface area contributed by atoms with Gasteiger partial charge in [-0.25, -0.2) is 4.79 Å². The molecule has 0 atom stereocenters. The lowest BCUT2D eigenvalue weighted by molar-refractivity contribution is -0.116. The summed E-state index contributed by atoms with van der Waals surface area (Å²) in [5.74, 6) is -0.487. The Hall–Kier alpha value is -3.08. The normalized spacial score (nSPS) is 15.3. The second-order valence-corrected chi connectivity index (χ2v) is 6.75. The zero-order valence-electron chi connectivity index (χ0n) is 15.3. The van der Waals surface area contributed by atoms with Crippen LogP contribution in [0.1, 0.15) is 30.5 Å². The number of hydrogen-bond donors (Lipinski definition) is 2. The van der Waals surface area contributed by atoms with E-state index in [0.29, 0.717) is 6.04 Å². The molecule has 134 valence electrons. The van der Waals surface area contributed by atoms with Crippen LogP contribution in [0.15, 0.2) is 42.2 Å². The molecular weight excluding hydrogens is 328 g/mol. The number of rotatable bonds is 4. The van der Waals surface area contributed by atoms with Crippen LogP contribution in [0.3, 0.4) is 0 Å². The molecule has 1 fully saturated rings. The fraction of sp³-hybridized carbons (Fsp3) is 0.238. The lowest BCUT2D eigenvalue weighted by atomic mass is 9.94. The third-order valence-corrected chi connectivity index (χ3v) is 4.19. The van der Waals surface area contributed by atoms with Crippen LogP contribution >= 0.6 is 0 Å². The Labute approximate surface area is 153 Å². The monoisotopic (exact) mass is 350 g/mol. The van der Waals surface area contributed by atoms with Gasteiger partial charge in [0.2, 0.25) is 0 Å². The van der Waals surface area contributed by atoms with Crippen LogP contribution in [0.25, 0.3) is 17.2 Å². The van der Waals surface area contributed by atoms with Crippen LogP contribution in [0.2, 0.25) is 0 Å². The number of anilines is 1. The van der Waals surface area contributed by atoms with Crippen molar-refractivity contribution in [1.82, 2.24) is 5.32 Å². The van der Waals surface area contributed by atoms with Crippen LogP contribution in [0.5, 0.6) is 0 Å². The molecule has 1 aliphatic heterocycles. The van der Waals surface area contributed by atoms with Crippen molar-refractivity contribution in [2.75, 3.05) is 5.32 Å². The summed E-state index contributed by atoms with van der Waals surface area (Å²) in [6, 6.07) is 12.8. The van der Waals surface area contributed by atoms with Crippen molar-refractivity contribution >= 4 is 23.8 Å². The van der Waals surface area contributed by atoms with Crippen LogP contribution in [0, 0.1) is 13.8 Å². The number of benzene rings is 2. The minimum absolute atomic E-state index is 0.0226. The number of carbonyl (C=O) groups is 2. The molecule has 0 spiro atoms. The Kier molecular flexibility index (Phi) is 4.80. The van der Waals surface area contributed by atoms with Gasteiger partial charge in [0.15, 0.2) is 5.76 Å². The van der Waals surface area contributed by atoms with Gasteiger partial charge in [-0.05, 0) is 73.7 Å². The van der Waals surface area contributed by atoms with Gasteiger partial charge in [0.1, 0.15) is 0 Å². The van der Waals surface area contributed by atoms with Gasteiger partial charge < -0.3 is 10.1 Å². The summed E-state index contributed by atoms with van der Waals surface area (Å²) in [4.78, 5) is 22.8. The van der Waals surface area contributed by atoms with Gasteiger partial charge in [-0.3, -0.25) is 10.1 Å². The summed E-state index contributed by atoms with van der Waals surface area (Å²) in [5, 5.41) is 5.48. The first-order valence-corrected chi connectivity index (χ1v) is 8.56. The van der Waals surface area contributed by atoms with Gasteiger partial charge in [0.05, 0.1) is 0 Å². The minimum atomic E-state index is -0.734. The standard InChI is InChI=1S/C21H22N2O3/c1-12(2)22-17-7-5-15(6-8-17)18-10-13(3)16(9-14(18)4)11-19-20(24)23-21(25)26-19/h5-12,22H,1-4H3,(H,23,24,25)/b19-11-. The average Bonchev–Trinajstić information content (AvgIpc) is 2.88. The first-order chi connectivity index (χ1) is 12.3. The maximum atomic E-state index is 11.7. The Bertz CT molecular complexity index is 896. The van der Waals surface area contributed by atoms with Crippen molar-refractivity contribution in [3.8, 4) is 11.1 Å². The van der Waals surface area contributed by atoms with Crippen LogP contribution in [-0.2, 0) is 9.53 Å². The summed E-state index contributed by atoms with van der Waals surface area (Å²) >= 11 is 0. The maximum absolute atomic E-state index is 11.7. The molecule has 0 aromatic heterocycles. The molecule has 2 aromatic rings. The molecular formula is C21H22N2O3. The highest BCUT2D eigenvalue weighted by molar-refractivity contribution is 6.10. The molecule has 0 bridgehead atoms. The molecule has 26 heavy (non-hydrogen) atoms. The molecule has 1 saturated heterocycles. The number of imide groups is 1. The second kappa shape index (κ2) is 7.04. The van der Waals surface area contributed by atoms with E-state index in [1.165, 1.54) is 0 Å². The molecule has 2 N–H and O–H groups in total. The molecule has 1 aliphatic rings. The number of alkyl carbamates (subject to hydrolysis) is 1. The Morgan fingerprint density at radius 2 is 1.73 bits per heavy atom. The van der Waals surface area contributed by atoms with Crippen molar-refractivity contribution < 1.29 is 14.3 Å². The number of aryl methyl sites for hydroxylation is 2. The van der Waals surface area contributed by atoms with E-state index < -0.39 is 12.0 Å². The Morgan fingerprint density at radius 3 is 2.31 bits per heavy atom. The van der Waals surface area contributed by atoms with Gasteiger partial charge in [-0.1, -0.05) is 24.3 Å². The lowest BCUT2D eigenvalue weighted by Crippen LogP contribution is -2.18. The first kappa shape index (κ1) is 17.7. The number of nitrogens with one attached hydrogen (secondary N) is 2. The van der Waals surface area contributed by atoms with Crippen molar-refractivity contribution in [2.45, 2.75) is 33.7 Å². The minimum Gasteiger partial charge on any atom is -0.404 e. The maximum Gasteiger partial charge on any atom is 0.419 e. The highest BCUT2D eigenvalue weighted by Gasteiger charge is 2.26. The van der Waals surface area contributed by atoms with Crippen LogP contribution < -0.4 is 10.6 Å². The van der Waals surface area contributed by atoms with E-state index in [1.54, 1.807) is 6.08 Å². The quantitative estimate of drug-likeness (QED) is 0.802. The van der Waals surface area contributed by atoms with E-state index in [4.69, 9.17) is 4.74 Å². The molecule has 2 amide bonds. The molecule has 3 rings (SSSR count). The molecule has 1 heterocycles. The van der Waals surface area contributed by atoms with E-state index in [9.17, 15) is 9.59 Å². The largest absolute Gasteiger partial charge is 0.419 e. The molecule has 0 saturated carbocycles. The third kappa shape index (κ3) is 3.77. The zero-order chi connectivity index (χ0) is 18.8. The number of hydrogen-bond acceptors (Lipinski definition) is 4. The van der Waals surface area contributed by atoms with Crippen molar-refractivity contribution in [3.63, 3.8) is 0 Å². The second-order valence-electron chi connectivity index (χ2n) is 6.75. The Balaban J connectivity index is 1.91. The topological polar surface area (TPSA) is 67.4 Å². The molecule has 0 unspecified atom stereocenters. The summed E-state index contributed by atoms with van der Waals surface area (Å²) in [5.41, 5.74) is 6.28. The number of ether oxygens (including phenoxy) is 1. The molecule has 0 radical (unpaired) electrons. The lowest BCUT2D eigenvalue weighted by Gasteiger charge is -2.13. The van der Waals surface area contributed by atoms with E-state index in [1.807, 2.05) is 19.9 Å². The predicted molar refractivity (Wildman–Crippen MR) is 103 cm³/mol. The fourth-order valence-electron chi connectivity index (χ4n) is 2.95. The highest BCUT2D eigenvalue weighted by Crippen LogP contribution is 2.29. The smallest absolute Gasteiger partial charge is 0.404 e.